The summed E-state index contributed by atoms with van der Waals surface area (Å²) in [5, 5.41) is 10.8. The Bertz CT molecular complexity index is 1190. The van der Waals surface area contributed by atoms with Crippen molar-refractivity contribution in [2.24, 2.45) is 0 Å². The first-order chi connectivity index (χ1) is 14.5. The highest BCUT2D eigenvalue weighted by atomic mass is 19.1. The lowest BCUT2D eigenvalue weighted by Crippen LogP contribution is -2.13. The lowest BCUT2D eigenvalue weighted by Gasteiger charge is -2.10. The zero-order chi connectivity index (χ0) is 21.1. The molecule has 1 amide bonds. The van der Waals surface area contributed by atoms with E-state index in [0.717, 1.165) is 11.4 Å². The van der Waals surface area contributed by atoms with Crippen molar-refractivity contribution in [1.82, 2.24) is 24.7 Å². The molecule has 0 atom stereocenters. The molecule has 0 spiro atoms. The SMILES string of the molecule is COc1nc(-c2ccc(NC(=O)c3ccc(F)cc3)nn2)ccc1-n1cnc(C)c1. The molecule has 0 saturated carbocycles. The minimum absolute atomic E-state index is 0.269. The van der Waals surface area contributed by atoms with Crippen LogP contribution in [0.15, 0.2) is 61.1 Å². The predicted molar refractivity (Wildman–Crippen MR) is 108 cm³/mol. The molecule has 3 heterocycles. The van der Waals surface area contributed by atoms with Crippen molar-refractivity contribution >= 4 is 11.7 Å². The van der Waals surface area contributed by atoms with Crippen LogP contribution in [0, 0.1) is 12.7 Å². The molecule has 0 aliphatic rings. The number of imidazole rings is 1. The smallest absolute Gasteiger partial charge is 0.256 e. The normalized spacial score (nSPS) is 10.6. The maximum absolute atomic E-state index is 13.0. The van der Waals surface area contributed by atoms with Gasteiger partial charge in [-0.3, -0.25) is 4.79 Å². The minimum atomic E-state index is -0.409. The van der Waals surface area contributed by atoms with Gasteiger partial charge in [0.15, 0.2) is 5.82 Å². The third kappa shape index (κ3) is 4.00. The third-order valence-corrected chi connectivity index (χ3v) is 4.30. The number of pyridine rings is 1. The quantitative estimate of drug-likeness (QED) is 0.548. The number of ether oxygens (including phenoxy) is 1. The lowest BCUT2D eigenvalue weighted by atomic mass is 10.2. The van der Waals surface area contributed by atoms with Crippen molar-refractivity contribution in [3.8, 4) is 23.0 Å². The van der Waals surface area contributed by atoms with Gasteiger partial charge in [0.1, 0.15) is 17.2 Å². The van der Waals surface area contributed by atoms with Crippen LogP contribution < -0.4 is 10.1 Å². The maximum atomic E-state index is 13.0. The monoisotopic (exact) mass is 404 g/mol. The second kappa shape index (κ2) is 8.08. The number of carbonyl (C=O) groups excluding carboxylic acids is 1. The van der Waals surface area contributed by atoms with E-state index in [-0.39, 0.29) is 5.82 Å². The Kier molecular flexibility index (Phi) is 5.17. The molecule has 0 saturated heterocycles. The molecule has 8 nitrogen and oxygen atoms in total. The molecule has 1 aromatic carbocycles. The van der Waals surface area contributed by atoms with Crippen LogP contribution in [0.5, 0.6) is 5.88 Å². The summed E-state index contributed by atoms with van der Waals surface area (Å²) in [5.41, 5.74) is 3.03. The highest BCUT2D eigenvalue weighted by Crippen LogP contribution is 2.25. The number of aromatic nitrogens is 5. The molecule has 0 aliphatic heterocycles. The van der Waals surface area contributed by atoms with Crippen molar-refractivity contribution in [1.29, 1.82) is 0 Å². The summed E-state index contributed by atoms with van der Waals surface area (Å²) in [6, 6.07) is 12.2. The number of anilines is 1. The summed E-state index contributed by atoms with van der Waals surface area (Å²) in [6.07, 6.45) is 3.56. The first-order valence-corrected chi connectivity index (χ1v) is 9.00. The van der Waals surface area contributed by atoms with E-state index in [2.05, 4.69) is 25.5 Å². The number of nitrogens with zero attached hydrogens (tertiary/aromatic N) is 5. The summed E-state index contributed by atoms with van der Waals surface area (Å²) in [7, 11) is 1.54. The van der Waals surface area contributed by atoms with Crippen LogP contribution in [-0.4, -0.2) is 37.7 Å². The number of hydrogen-bond acceptors (Lipinski definition) is 6. The molecule has 9 heteroatoms. The summed E-state index contributed by atoms with van der Waals surface area (Å²) in [4.78, 5) is 20.9. The molecule has 30 heavy (non-hydrogen) atoms. The summed E-state index contributed by atoms with van der Waals surface area (Å²) >= 11 is 0. The van der Waals surface area contributed by atoms with Gasteiger partial charge in [-0.2, -0.15) is 0 Å². The lowest BCUT2D eigenvalue weighted by molar-refractivity contribution is 0.102. The molecule has 0 fully saturated rings. The first-order valence-electron chi connectivity index (χ1n) is 9.00. The second-order valence-electron chi connectivity index (χ2n) is 6.41. The molecule has 3 aromatic heterocycles. The number of hydrogen-bond donors (Lipinski definition) is 1. The van der Waals surface area contributed by atoms with Crippen LogP contribution in [0.3, 0.4) is 0 Å². The highest BCUT2D eigenvalue weighted by molar-refractivity contribution is 6.03. The largest absolute Gasteiger partial charge is 0.479 e. The van der Waals surface area contributed by atoms with Crippen LogP contribution in [-0.2, 0) is 0 Å². The molecular formula is C21H17FN6O2. The molecule has 0 unspecified atom stereocenters. The van der Waals surface area contributed by atoms with Gasteiger partial charge in [-0.15, -0.1) is 10.2 Å². The van der Waals surface area contributed by atoms with Gasteiger partial charge in [0.2, 0.25) is 5.88 Å². The predicted octanol–water partition coefficient (Wildman–Crippen LogP) is 3.43. The number of halogens is 1. The topological polar surface area (TPSA) is 94.8 Å². The Morgan fingerprint density at radius 3 is 2.43 bits per heavy atom. The highest BCUT2D eigenvalue weighted by Gasteiger charge is 2.12. The van der Waals surface area contributed by atoms with E-state index in [9.17, 15) is 9.18 Å². The van der Waals surface area contributed by atoms with Crippen LogP contribution >= 0.6 is 0 Å². The first kappa shape index (κ1) is 19.2. The van der Waals surface area contributed by atoms with Gasteiger partial charge in [0.25, 0.3) is 5.91 Å². The number of rotatable bonds is 5. The van der Waals surface area contributed by atoms with Crippen molar-refractivity contribution in [2.45, 2.75) is 6.92 Å². The number of carbonyl (C=O) groups is 1. The Balaban J connectivity index is 1.53. The molecule has 1 N–H and O–H groups in total. The fourth-order valence-electron chi connectivity index (χ4n) is 2.80. The van der Waals surface area contributed by atoms with Gasteiger partial charge in [0.05, 0.1) is 24.8 Å². The van der Waals surface area contributed by atoms with Crippen molar-refractivity contribution in [2.75, 3.05) is 12.4 Å². The fourth-order valence-corrected chi connectivity index (χ4v) is 2.80. The van der Waals surface area contributed by atoms with E-state index in [4.69, 9.17) is 4.74 Å². The second-order valence-corrected chi connectivity index (χ2v) is 6.41. The van der Waals surface area contributed by atoms with Crippen molar-refractivity contribution in [3.63, 3.8) is 0 Å². The number of amides is 1. The number of methoxy groups -OCH3 is 1. The minimum Gasteiger partial charge on any atom is -0.479 e. The molecule has 0 bridgehead atoms. The van der Waals surface area contributed by atoms with Gasteiger partial charge in [-0.1, -0.05) is 0 Å². The molecule has 0 radical (unpaired) electrons. The van der Waals surface area contributed by atoms with Crippen molar-refractivity contribution in [3.05, 3.63) is 78.1 Å². The average Bonchev–Trinajstić information content (AvgIpc) is 3.20. The Hall–Kier alpha value is -4.14. The Labute approximate surface area is 171 Å². The fraction of sp³-hybridized carbons (Fsp3) is 0.0952. The summed E-state index contributed by atoms with van der Waals surface area (Å²) in [6.45, 7) is 1.90. The van der Waals surface area contributed by atoms with Crippen LogP contribution in [0.2, 0.25) is 0 Å². The van der Waals surface area contributed by atoms with E-state index in [1.807, 2.05) is 23.8 Å². The zero-order valence-corrected chi connectivity index (χ0v) is 16.2. The van der Waals surface area contributed by atoms with Crippen LogP contribution in [0.25, 0.3) is 17.1 Å². The van der Waals surface area contributed by atoms with Gasteiger partial charge < -0.3 is 14.6 Å². The summed E-state index contributed by atoms with van der Waals surface area (Å²) < 4.78 is 20.2. The molecule has 4 aromatic rings. The summed E-state index contributed by atoms with van der Waals surface area (Å²) in [5.74, 6) is -0.129. The molecular weight excluding hydrogens is 387 g/mol. The van der Waals surface area contributed by atoms with E-state index < -0.39 is 11.7 Å². The maximum Gasteiger partial charge on any atom is 0.256 e. The van der Waals surface area contributed by atoms with E-state index in [1.54, 1.807) is 31.6 Å². The van der Waals surface area contributed by atoms with E-state index in [0.29, 0.717) is 22.8 Å². The van der Waals surface area contributed by atoms with Gasteiger partial charge in [0, 0.05) is 11.8 Å². The van der Waals surface area contributed by atoms with E-state index >= 15 is 0 Å². The molecule has 150 valence electrons. The zero-order valence-electron chi connectivity index (χ0n) is 16.2. The van der Waals surface area contributed by atoms with E-state index in [1.165, 1.54) is 24.3 Å². The standard InChI is InChI=1S/C21H17FN6O2/c1-13-11-28(12-23-13)18-9-7-16(24-21(18)30-2)17-8-10-19(27-26-17)25-20(29)14-3-5-15(22)6-4-14/h3-12H,1-2H3,(H,25,27,29). The third-order valence-electron chi connectivity index (χ3n) is 4.30. The Morgan fingerprint density at radius 2 is 1.80 bits per heavy atom. The molecule has 4 rings (SSSR count). The number of nitrogens with one attached hydrogen (secondary N) is 1. The Morgan fingerprint density at radius 1 is 1.03 bits per heavy atom. The number of benzene rings is 1. The van der Waals surface area contributed by atoms with Crippen molar-refractivity contribution < 1.29 is 13.9 Å². The van der Waals surface area contributed by atoms with Gasteiger partial charge in [-0.25, -0.2) is 14.4 Å². The van der Waals surface area contributed by atoms with Crippen LogP contribution in [0.1, 0.15) is 16.1 Å². The van der Waals surface area contributed by atoms with Gasteiger partial charge in [-0.05, 0) is 55.5 Å². The van der Waals surface area contributed by atoms with Crippen LogP contribution in [0.4, 0.5) is 10.2 Å². The average molecular weight is 404 g/mol. The molecule has 0 aliphatic carbocycles. The van der Waals surface area contributed by atoms with Gasteiger partial charge >= 0.3 is 0 Å². The number of aryl methyl sites for hydroxylation is 1.